The third-order valence-corrected chi connectivity index (χ3v) is 3.53. The van der Waals surface area contributed by atoms with E-state index >= 15 is 0 Å². The Kier molecular flexibility index (Phi) is 2.52. The van der Waals surface area contributed by atoms with Crippen molar-refractivity contribution in [3.05, 3.63) is 24.0 Å². The summed E-state index contributed by atoms with van der Waals surface area (Å²) < 4.78 is 7.57. The number of imidazole rings is 1. The molecule has 1 aliphatic rings. The van der Waals surface area contributed by atoms with Crippen LogP contribution in [0.1, 0.15) is 24.6 Å². The molecule has 1 aromatic heterocycles. The zero-order chi connectivity index (χ0) is 11.8. The van der Waals surface area contributed by atoms with E-state index in [1.54, 1.807) is 0 Å². The number of hydrogen-bond donors (Lipinski definition) is 1. The first-order chi connectivity index (χ1) is 8.25. The van der Waals surface area contributed by atoms with Gasteiger partial charge < -0.3 is 15.0 Å². The van der Waals surface area contributed by atoms with Crippen LogP contribution in [0.3, 0.4) is 0 Å². The van der Waals surface area contributed by atoms with Gasteiger partial charge in [0.15, 0.2) is 0 Å². The van der Waals surface area contributed by atoms with Crippen LogP contribution in [0.4, 0.5) is 5.69 Å². The number of hydrogen-bond acceptors (Lipinski definition) is 3. The number of aryl methyl sites for hydroxylation is 1. The molecule has 0 amide bonds. The molecule has 17 heavy (non-hydrogen) atoms. The number of nitrogens with zero attached hydrogens (tertiary/aromatic N) is 2. The molecule has 0 saturated carbocycles. The van der Waals surface area contributed by atoms with Crippen molar-refractivity contribution in [2.75, 3.05) is 18.9 Å². The number of rotatable bonds is 1. The highest BCUT2D eigenvalue weighted by Gasteiger charge is 2.21. The van der Waals surface area contributed by atoms with Gasteiger partial charge in [0.05, 0.1) is 11.0 Å². The Morgan fingerprint density at radius 1 is 1.35 bits per heavy atom. The SMILES string of the molecule is Cn1c(C2CCOCC2)nc2ccc(N)cc21. The van der Waals surface area contributed by atoms with Gasteiger partial charge in [0.2, 0.25) is 0 Å². The Balaban J connectivity index is 2.07. The largest absolute Gasteiger partial charge is 0.399 e. The van der Waals surface area contributed by atoms with E-state index in [1.165, 1.54) is 0 Å². The molecule has 90 valence electrons. The molecule has 0 bridgehead atoms. The van der Waals surface area contributed by atoms with Gasteiger partial charge in [-0.25, -0.2) is 4.98 Å². The monoisotopic (exact) mass is 231 g/mol. The van der Waals surface area contributed by atoms with Crippen LogP contribution in [0, 0.1) is 0 Å². The highest BCUT2D eigenvalue weighted by Crippen LogP contribution is 2.29. The van der Waals surface area contributed by atoms with Gasteiger partial charge in [-0.05, 0) is 31.0 Å². The molecule has 0 radical (unpaired) electrons. The van der Waals surface area contributed by atoms with Crippen LogP contribution in [0.15, 0.2) is 18.2 Å². The van der Waals surface area contributed by atoms with E-state index in [2.05, 4.69) is 11.6 Å². The Hall–Kier alpha value is -1.55. The quantitative estimate of drug-likeness (QED) is 0.764. The lowest BCUT2D eigenvalue weighted by Crippen LogP contribution is -2.17. The minimum Gasteiger partial charge on any atom is -0.399 e. The molecule has 1 aromatic carbocycles. The highest BCUT2D eigenvalue weighted by molar-refractivity contribution is 5.79. The van der Waals surface area contributed by atoms with Crippen LogP contribution in [-0.2, 0) is 11.8 Å². The predicted octanol–water partition coefficient (Wildman–Crippen LogP) is 2.05. The van der Waals surface area contributed by atoms with Gasteiger partial charge in [0, 0.05) is 31.9 Å². The van der Waals surface area contributed by atoms with Crippen LogP contribution >= 0.6 is 0 Å². The Bertz CT molecular complexity index is 541. The second-order valence-electron chi connectivity index (χ2n) is 4.66. The summed E-state index contributed by atoms with van der Waals surface area (Å²) in [6, 6.07) is 5.89. The molecule has 2 heterocycles. The molecule has 1 saturated heterocycles. The molecule has 2 aromatic rings. The summed E-state index contributed by atoms with van der Waals surface area (Å²) in [5, 5.41) is 0. The summed E-state index contributed by atoms with van der Waals surface area (Å²) >= 11 is 0. The molecule has 4 nitrogen and oxygen atoms in total. The van der Waals surface area contributed by atoms with E-state index in [0.717, 1.165) is 48.6 Å². The molecule has 0 unspecified atom stereocenters. The number of fused-ring (bicyclic) bond motifs is 1. The number of nitrogen functional groups attached to an aromatic ring is 1. The average Bonchev–Trinajstić information content (AvgIpc) is 2.68. The summed E-state index contributed by atoms with van der Waals surface area (Å²) in [5.41, 5.74) is 8.76. The van der Waals surface area contributed by atoms with E-state index in [0.29, 0.717) is 5.92 Å². The van der Waals surface area contributed by atoms with E-state index in [-0.39, 0.29) is 0 Å². The normalized spacial score (nSPS) is 17.7. The van der Waals surface area contributed by atoms with Crippen LogP contribution in [0.5, 0.6) is 0 Å². The first kappa shape index (κ1) is 10.6. The maximum Gasteiger partial charge on any atom is 0.112 e. The third kappa shape index (κ3) is 1.78. The van der Waals surface area contributed by atoms with Gasteiger partial charge in [-0.15, -0.1) is 0 Å². The fraction of sp³-hybridized carbons (Fsp3) is 0.462. The molecule has 0 spiro atoms. The first-order valence-electron chi connectivity index (χ1n) is 6.05. The number of aromatic nitrogens is 2. The predicted molar refractivity (Wildman–Crippen MR) is 67.9 cm³/mol. The molecule has 4 heteroatoms. The van der Waals surface area contributed by atoms with Crippen LogP contribution in [0.25, 0.3) is 11.0 Å². The maximum atomic E-state index is 5.82. The fourth-order valence-electron chi connectivity index (χ4n) is 2.55. The molecular weight excluding hydrogens is 214 g/mol. The second kappa shape index (κ2) is 4.04. The summed E-state index contributed by atoms with van der Waals surface area (Å²) in [5.74, 6) is 1.68. The number of anilines is 1. The smallest absolute Gasteiger partial charge is 0.112 e. The van der Waals surface area contributed by atoms with Gasteiger partial charge in [0.25, 0.3) is 0 Å². The standard InChI is InChI=1S/C13H17N3O/c1-16-12-8-10(14)2-3-11(12)15-13(16)9-4-6-17-7-5-9/h2-3,8-9H,4-7,14H2,1H3. The molecule has 0 aliphatic carbocycles. The van der Waals surface area contributed by atoms with E-state index < -0.39 is 0 Å². The number of nitrogens with two attached hydrogens (primary N) is 1. The van der Waals surface area contributed by atoms with Crippen molar-refractivity contribution in [2.45, 2.75) is 18.8 Å². The Morgan fingerprint density at radius 2 is 2.12 bits per heavy atom. The van der Waals surface area contributed by atoms with Crippen LogP contribution < -0.4 is 5.73 Å². The van der Waals surface area contributed by atoms with Crippen molar-refractivity contribution in [2.24, 2.45) is 7.05 Å². The lowest BCUT2D eigenvalue weighted by Gasteiger charge is -2.21. The second-order valence-corrected chi connectivity index (χ2v) is 4.66. The third-order valence-electron chi connectivity index (χ3n) is 3.53. The highest BCUT2D eigenvalue weighted by atomic mass is 16.5. The minimum absolute atomic E-state index is 0.516. The molecule has 2 N–H and O–H groups in total. The van der Waals surface area contributed by atoms with Crippen molar-refractivity contribution >= 4 is 16.7 Å². The maximum absolute atomic E-state index is 5.82. The van der Waals surface area contributed by atoms with Gasteiger partial charge in [0.1, 0.15) is 5.82 Å². The zero-order valence-corrected chi connectivity index (χ0v) is 10.0. The number of benzene rings is 1. The zero-order valence-electron chi connectivity index (χ0n) is 10.0. The van der Waals surface area contributed by atoms with Crippen LogP contribution in [0.2, 0.25) is 0 Å². The number of ether oxygens (including phenoxy) is 1. The van der Waals surface area contributed by atoms with Gasteiger partial charge >= 0.3 is 0 Å². The van der Waals surface area contributed by atoms with Crippen molar-refractivity contribution < 1.29 is 4.74 Å². The Morgan fingerprint density at radius 3 is 2.88 bits per heavy atom. The van der Waals surface area contributed by atoms with E-state index in [4.69, 9.17) is 15.5 Å². The van der Waals surface area contributed by atoms with Crippen molar-refractivity contribution in [3.8, 4) is 0 Å². The van der Waals surface area contributed by atoms with Crippen molar-refractivity contribution in [1.29, 1.82) is 0 Å². The lowest BCUT2D eigenvalue weighted by atomic mass is 9.99. The van der Waals surface area contributed by atoms with E-state index in [1.807, 2.05) is 18.2 Å². The minimum atomic E-state index is 0.516. The average molecular weight is 231 g/mol. The topological polar surface area (TPSA) is 53.1 Å². The van der Waals surface area contributed by atoms with Gasteiger partial charge in [-0.3, -0.25) is 0 Å². The van der Waals surface area contributed by atoms with Crippen molar-refractivity contribution in [1.82, 2.24) is 9.55 Å². The summed E-state index contributed by atoms with van der Waals surface area (Å²) in [7, 11) is 2.07. The summed E-state index contributed by atoms with van der Waals surface area (Å²) in [6.07, 6.45) is 2.12. The summed E-state index contributed by atoms with van der Waals surface area (Å²) in [4.78, 5) is 4.73. The van der Waals surface area contributed by atoms with E-state index in [9.17, 15) is 0 Å². The fourth-order valence-corrected chi connectivity index (χ4v) is 2.55. The molecular formula is C13H17N3O. The lowest BCUT2D eigenvalue weighted by molar-refractivity contribution is 0.0831. The molecule has 3 rings (SSSR count). The van der Waals surface area contributed by atoms with Crippen molar-refractivity contribution in [3.63, 3.8) is 0 Å². The van der Waals surface area contributed by atoms with Gasteiger partial charge in [-0.1, -0.05) is 0 Å². The Labute approximate surface area is 100 Å². The molecule has 1 fully saturated rings. The molecule has 0 atom stereocenters. The van der Waals surface area contributed by atoms with Crippen LogP contribution in [-0.4, -0.2) is 22.8 Å². The molecule has 1 aliphatic heterocycles. The van der Waals surface area contributed by atoms with Gasteiger partial charge in [-0.2, -0.15) is 0 Å². The first-order valence-corrected chi connectivity index (χ1v) is 6.05. The summed E-state index contributed by atoms with van der Waals surface area (Å²) in [6.45, 7) is 1.69.